The van der Waals surface area contributed by atoms with Crippen molar-refractivity contribution in [3.63, 3.8) is 0 Å². The molecule has 9 nitrogen and oxygen atoms in total. The molecular formula is C20H19FN6O3S. The minimum atomic E-state index is -0.524. The van der Waals surface area contributed by atoms with Crippen molar-refractivity contribution in [3.8, 4) is 11.7 Å². The lowest BCUT2D eigenvalue weighted by Gasteiger charge is -2.10. The van der Waals surface area contributed by atoms with E-state index in [9.17, 15) is 9.18 Å². The number of halogens is 1. The first-order valence-corrected chi connectivity index (χ1v) is 10.4. The number of ketones is 1. The molecule has 3 heterocycles. The van der Waals surface area contributed by atoms with Crippen LogP contribution in [-0.2, 0) is 0 Å². The number of Topliss-reactive ketones (excluding diaryl/α,β-unsaturated/α-hetero) is 1. The monoisotopic (exact) mass is 442 g/mol. The van der Waals surface area contributed by atoms with E-state index >= 15 is 0 Å². The first-order valence-electron chi connectivity index (χ1n) is 9.38. The molecule has 11 heteroatoms. The smallest absolute Gasteiger partial charge is 0.277 e. The number of ether oxygens (including phenoxy) is 1. The number of carbonyl (C=O) groups excluding carboxylic acids is 1. The van der Waals surface area contributed by atoms with Gasteiger partial charge in [0.2, 0.25) is 5.95 Å². The highest BCUT2D eigenvalue weighted by Crippen LogP contribution is 2.26. The molecule has 0 fully saturated rings. The SMILES string of the molecule is Cc1cc(C(=O)CSc2nnc([C@H](C)Oc3ccc(F)cc3)o2)c(C)n1-c1ncn[nH]1. The molecule has 0 aliphatic heterocycles. The summed E-state index contributed by atoms with van der Waals surface area (Å²) in [6.07, 6.45) is 0.892. The molecule has 160 valence electrons. The summed E-state index contributed by atoms with van der Waals surface area (Å²) in [6, 6.07) is 7.47. The molecule has 1 atom stereocenters. The third kappa shape index (κ3) is 4.50. The summed E-state index contributed by atoms with van der Waals surface area (Å²) < 4.78 is 26.1. The number of H-pyrrole nitrogens is 1. The van der Waals surface area contributed by atoms with Gasteiger partial charge in [0.1, 0.15) is 17.9 Å². The maximum absolute atomic E-state index is 13.0. The number of nitrogens with zero attached hydrogens (tertiary/aromatic N) is 5. The van der Waals surface area contributed by atoms with Gasteiger partial charge in [-0.25, -0.2) is 9.49 Å². The Morgan fingerprint density at radius 1 is 1.29 bits per heavy atom. The molecule has 0 amide bonds. The molecule has 1 aromatic carbocycles. The number of hydrogen-bond acceptors (Lipinski definition) is 8. The fourth-order valence-corrected chi connectivity index (χ4v) is 3.75. The van der Waals surface area contributed by atoms with Crippen LogP contribution in [0.3, 0.4) is 0 Å². The average molecular weight is 442 g/mol. The summed E-state index contributed by atoms with van der Waals surface area (Å²) in [5.74, 6) is 1.02. The maximum Gasteiger partial charge on any atom is 0.277 e. The number of thioether (sulfide) groups is 1. The highest BCUT2D eigenvalue weighted by Gasteiger charge is 2.20. The minimum Gasteiger partial charge on any atom is -0.481 e. The van der Waals surface area contributed by atoms with Crippen molar-refractivity contribution in [2.45, 2.75) is 32.1 Å². The van der Waals surface area contributed by atoms with Crippen LogP contribution >= 0.6 is 11.8 Å². The third-order valence-corrected chi connectivity index (χ3v) is 5.39. The van der Waals surface area contributed by atoms with Crippen LogP contribution in [0.2, 0.25) is 0 Å². The number of rotatable bonds is 8. The highest BCUT2D eigenvalue weighted by molar-refractivity contribution is 7.99. The number of carbonyl (C=O) groups is 1. The first-order chi connectivity index (χ1) is 14.9. The molecule has 1 N–H and O–H groups in total. The zero-order valence-corrected chi connectivity index (χ0v) is 17.8. The summed E-state index contributed by atoms with van der Waals surface area (Å²) in [6.45, 7) is 5.49. The van der Waals surface area contributed by atoms with Gasteiger partial charge in [0, 0.05) is 17.0 Å². The maximum atomic E-state index is 13.0. The quantitative estimate of drug-likeness (QED) is 0.323. The Labute approximate surface area is 181 Å². The molecule has 4 aromatic rings. The molecule has 0 unspecified atom stereocenters. The summed E-state index contributed by atoms with van der Waals surface area (Å²) in [5.41, 5.74) is 2.23. The van der Waals surface area contributed by atoms with Gasteiger partial charge < -0.3 is 9.15 Å². The van der Waals surface area contributed by atoms with Crippen molar-refractivity contribution >= 4 is 17.5 Å². The fourth-order valence-electron chi connectivity index (χ4n) is 3.09. The van der Waals surface area contributed by atoms with Gasteiger partial charge in [-0.1, -0.05) is 11.8 Å². The van der Waals surface area contributed by atoms with Crippen LogP contribution in [0, 0.1) is 19.7 Å². The van der Waals surface area contributed by atoms with E-state index in [1.807, 2.05) is 24.5 Å². The van der Waals surface area contributed by atoms with Crippen molar-refractivity contribution in [2.24, 2.45) is 0 Å². The van der Waals surface area contributed by atoms with Crippen LogP contribution in [0.15, 0.2) is 46.3 Å². The van der Waals surface area contributed by atoms with Crippen molar-refractivity contribution in [2.75, 3.05) is 5.75 Å². The first kappa shape index (κ1) is 20.8. The third-order valence-electron chi connectivity index (χ3n) is 4.57. The Kier molecular flexibility index (Phi) is 5.85. The average Bonchev–Trinajstić information content (AvgIpc) is 3.49. The fraction of sp³-hybridized carbons (Fsp3) is 0.250. The zero-order valence-electron chi connectivity index (χ0n) is 17.0. The Balaban J connectivity index is 1.39. The van der Waals surface area contributed by atoms with E-state index in [1.165, 1.54) is 30.6 Å². The molecule has 3 aromatic heterocycles. The molecule has 0 saturated heterocycles. The molecular weight excluding hydrogens is 423 g/mol. The van der Waals surface area contributed by atoms with Crippen molar-refractivity contribution < 1.29 is 18.3 Å². The van der Waals surface area contributed by atoms with E-state index in [0.717, 1.165) is 23.1 Å². The van der Waals surface area contributed by atoms with E-state index < -0.39 is 6.10 Å². The van der Waals surface area contributed by atoms with Gasteiger partial charge in [-0.2, -0.15) is 10.1 Å². The van der Waals surface area contributed by atoms with Crippen LogP contribution in [0.4, 0.5) is 4.39 Å². The van der Waals surface area contributed by atoms with Gasteiger partial charge in [-0.3, -0.25) is 9.36 Å². The lowest BCUT2D eigenvalue weighted by atomic mass is 10.2. The lowest BCUT2D eigenvalue weighted by Crippen LogP contribution is -2.06. The second-order valence-corrected chi connectivity index (χ2v) is 7.69. The van der Waals surface area contributed by atoms with E-state index in [1.54, 1.807) is 6.92 Å². The van der Waals surface area contributed by atoms with Gasteiger partial charge in [0.15, 0.2) is 11.9 Å². The summed E-state index contributed by atoms with van der Waals surface area (Å²) in [4.78, 5) is 16.9. The van der Waals surface area contributed by atoms with Gasteiger partial charge in [0.25, 0.3) is 11.1 Å². The number of nitrogens with one attached hydrogen (secondary N) is 1. The molecule has 0 bridgehead atoms. The number of benzene rings is 1. The Bertz CT molecular complexity index is 1190. The molecule has 31 heavy (non-hydrogen) atoms. The lowest BCUT2D eigenvalue weighted by molar-refractivity contribution is 0.102. The molecule has 0 spiro atoms. The topological polar surface area (TPSA) is 112 Å². The number of aryl methyl sites for hydroxylation is 1. The zero-order chi connectivity index (χ0) is 22.0. The van der Waals surface area contributed by atoms with Crippen molar-refractivity contribution in [3.05, 3.63) is 65.3 Å². The molecule has 0 aliphatic rings. The molecule has 0 radical (unpaired) electrons. The summed E-state index contributed by atoms with van der Waals surface area (Å²) in [7, 11) is 0. The second kappa shape index (κ2) is 8.72. The number of aromatic nitrogens is 6. The van der Waals surface area contributed by atoms with Gasteiger partial charge >= 0.3 is 0 Å². The van der Waals surface area contributed by atoms with Crippen LogP contribution < -0.4 is 4.74 Å². The Morgan fingerprint density at radius 3 is 2.77 bits per heavy atom. The minimum absolute atomic E-state index is 0.0702. The van der Waals surface area contributed by atoms with Crippen LogP contribution in [-0.4, -0.2) is 41.5 Å². The summed E-state index contributed by atoms with van der Waals surface area (Å²) >= 11 is 1.15. The van der Waals surface area contributed by atoms with Gasteiger partial charge in [-0.15, -0.1) is 10.2 Å². The van der Waals surface area contributed by atoms with E-state index in [4.69, 9.17) is 9.15 Å². The van der Waals surface area contributed by atoms with Crippen LogP contribution in [0.5, 0.6) is 5.75 Å². The predicted molar refractivity (Wildman–Crippen MR) is 110 cm³/mol. The largest absolute Gasteiger partial charge is 0.481 e. The predicted octanol–water partition coefficient (Wildman–Crippen LogP) is 3.85. The molecule has 0 aliphatic carbocycles. The molecule has 0 saturated carbocycles. The van der Waals surface area contributed by atoms with E-state index in [-0.39, 0.29) is 28.5 Å². The standard InChI is InChI=1S/C20H19FN6O3S/c1-11-8-16(12(2)27(11)19-22-10-23-25-19)17(28)9-31-20-26-24-18(30-20)13(3)29-15-6-4-14(21)5-7-15/h4-8,10,13H,9H2,1-3H3,(H,22,23,25)/t13-/m0/s1. The van der Waals surface area contributed by atoms with E-state index in [0.29, 0.717) is 17.3 Å². The molecule has 4 rings (SSSR count). The highest BCUT2D eigenvalue weighted by atomic mass is 32.2. The van der Waals surface area contributed by atoms with Crippen LogP contribution in [0.25, 0.3) is 5.95 Å². The van der Waals surface area contributed by atoms with Gasteiger partial charge in [0.05, 0.1) is 5.75 Å². The second-order valence-electron chi connectivity index (χ2n) is 6.76. The van der Waals surface area contributed by atoms with Crippen molar-refractivity contribution in [1.29, 1.82) is 0 Å². The van der Waals surface area contributed by atoms with E-state index in [2.05, 4.69) is 25.4 Å². The van der Waals surface area contributed by atoms with Crippen LogP contribution in [0.1, 0.15) is 40.7 Å². The number of aromatic amines is 1. The Morgan fingerprint density at radius 2 is 2.06 bits per heavy atom. The number of hydrogen-bond donors (Lipinski definition) is 1. The Hall–Kier alpha value is -3.47. The normalized spacial score (nSPS) is 12.1. The van der Waals surface area contributed by atoms with Crippen molar-refractivity contribution in [1.82, 2.24) is 29.9 Å². The van der Waals surface area contributed by atoms with Gasteiger partial charge in [-0.05, 0) is 51.1 Å². The summed E-state index contributed by atoms with van der Waals surface area (Å²) in [5, 5.41) is 14.9.